The fourth-order valence-electron chi connectivity index (χ4n) is 2.33. The summed E-state index contributed by atoms with van der Waals surface area (Å²) in [4.78, 5) is 0. The molecule has 0 saturated heterocycles. The zero-order valence-electron chi connectivity index (χ0n) is 11.7. The van der Waals surface area contributed by atoms with Gasteiger partial charge in [0.25, 0.3) is 0 Å². The summed E-state index contributed by atoms with van der Waals surface area (Å²) in [6.07, 6.45) is 0.736. The van der Waals surface area contributed by atoms with Crippen molar-refractivity contribution in [1.82, 2.24) is 5.43 Å². The number of benzene rings is 2. The van der Waals surface area contributed by atoms with Crippen molar-refractivity contribution in [2.75, 3.05) is 7.11 Å². The molecule has 3 nitrogen and oxygen atoms in total. The molecular weight excluding hydrogens is 272 g/mol. The van der Waals surface area contributed by atoms with E-state index in [0.29, 0.717) is 0 Å². The maximum atomic E-state index is 6.12. The van der Waals surface area contributed by atoms with E-state index in [4.69, 9.17) is 22.2 Å². The maximum Gasteiger partial charge on any atom is 0.122 e. The van der Waals surface area contributed by atoms with Gasteiger partial charge in [-0.25, -0.2) is 0 Å². The monoisotopic (exact) mass is 290 g/mol. The molecule has 0 saturated carbocycles. The molecule has 20 heavy (non-hydrogen) atoms. The fraction of sp³-hybridized carbons (Fsp3) is 0.250. The van der Waals surface area contributed by atoms with Crippen LogP contribution in [0.4, 0.5) is 0 Å². The van der Waals surface area contributed by atoms with E-state index in [1.54, 1.807) is 7.11 Å². The van der Waals surface area contributed by atoms with Gasteiger partial charge in [0, 0.05) is 5.02 Å². The van der Waals surface area contributed by atoms with E-state index in [-0.39, 0.29) is 6.04 Å². The van der Waals surface area contributed by atoms with Crippen LogP contribution in [0.2, 0.25) is 5.02 Å². The van der Waals surface area contributed by atoms with E-state index in [1.807, 2.05) is 43.3 Å². The van der Waals surface area contributed by atoms with Crippen LogP contribution in [-0.4, -0.2) is 7.11 Å². The molecule has 2 rings (SSSR count). The Kier molecular flexibility index (Phi) is 5.01. The molecule has 2 aromatic carbocycles. The SMILES string of the molecule is COc1ccccc1CC(NN)c1cc(C)cc(Cl)c1. The molecule has 3 N–H and O–H groups in total. The van der Waals surface area contributed by atoms with Gasteiger partial charge in [-0.3, -0.25) is 11.3 Å². The molecule has 0 aromatic heterocycles. The van der Waals surface area contributed by atoms with E-state index >= 15 is 0 Å². The van der Waals surface area contributed by atoms with Crippen LogP contribution in [0.3, 0.4) is 0 Å². The lowest BCUT2D eigenvalue weighted by atomic mass is 9.97. The van der Waals surface area contributed by atoms with Gasteiger partial charge in [-0.15, -0.1) is 0 Å². The molecule has 0 aliphatic heterocycles. The summed E-state index contributed by atoms with van der Waals surface area (Å²) in [5.74, 6) is 6.58. The predicted molar refractivity (Wildman–Crippen MR) is 83.0 cm³/mol. The smallest absolute Gasteiger partial charge is 0.122 e. The highest BCUT2D eigenvalue weighted by Crippen LogP contribution is 2.26. The van der Waals surface area contributed by atoms with Crippen LogP contribution in [0.25, 0.3) is 0 Å². The molecule has 0 radical (unpaired) electrons. The number of nitrogens with one attached hydrogen (secondary N) is 1. The van der Waals surface area contributed by atoms with Gasteiger partial charge < -0.3 is 4.74 Å². The lowest BCUT2D eigenvalue weighted by Gasteiger charge is -2.19. The topological polar surface area (TPSA) is 47.3 Å². The van der Waals surface area contributed by atoms with Crippen LogP contribution < -0.4 is 16.0 Å². The van der Waals surface area contributed by atoms with Crippen molar-refractivity contribution in [1.29, 1.82) is 0 Å². The van der Waals surface area contributed by atoms with E-state index in [1.165, 1.54) is 0 Å². The quantitative estimate of drug-likeness (QED) is 0.655. The Morgan fingerprint density at radius 2 is 2.00 bits per heavy atom. The van der Waals surface area contributed by atoms with Crippen molar-refractivity contribution in [3.05, 3.63) is 64.2 Å². The largest absolute Gasteiger partial charge is 0.496 e. The van der Waals surface area contributed by atoms with Crippen molar-refractivity contribution in [3.63, 3.8) is 0 Å². The zero-order chi connectivity index (χ0) is 14.5. The summed E-state index contributed by atoms with van der Waals surface area (Å²) < 4.78 is 5.38. The maximum absolute atomic E-state index is 6.12. The van der Waals surface area contributed by atoms with Crippen LogP contribution in [0.15, 0.2) is 42.5 Å². The molecule has 0 bridgehead atoms. The number of methoxy groups -OCH3 is 1. The molecule has 0 fully saturated rings. The Labute approximate surface area is 124 Å². The van der Waals surface area contributed by atoms with Gasteiger partial charge in [-0.05, 0) is 48.2 Å². The van der Waals surface area contributed by atoms with Crippen LogP contribution >= 0.6 is 11.6 Å². The normalized spacial score (nSPS) is 12.2. The number of hydrogen-bond donors (Lipinski definition) is 2. The average Bonchev–Trinajstić information content (AvgIpc) is 2.44. The number of ether oxygens (including phenoxy) is 1. The van der Waals surface area contributed by atoms with Gasteiger partial charge in [0.05, 0.1) is 13.2 Å². The second kappa shape index (κ2) is 6.75. The highest BCUT2D eigenvalue weighted by molar-refractivity contribution is 6.30. The van der Waals surface area contributed by atoms with Crippen molar-refractivity contribution in [3.8, 4) is 5.75 Å². The van der Waals surface area contributed by atoms with Crippen LogP contribution in [0, 0.1) is 6.92 Å². The number of aryl methyl sites for hydroxylation is 1. The number of hydrazine groups is 1. The molecule has 1 atom stereocenters. The minimum Gasteiger partial charge on any atom is -0.496 e. The first-order chi connectivity index (χ1) is 9.63. The Hall–Kier alpha value is -1.55. The summed E-state index contributed by atoms with van der Waals surface area (Å²) in [5, 5.41) is 0.722. The Bertz CT molecular complexity index is 566. The summed E-state index contributed by atoms with van der Waals surface area (Å²) in [7, 11) is 1.67. The van der Waals surface area contributed by atoms with Gasteiger partial charge >= 0.3 is 0 Å². The standard InChI is InChI=1S/C16H19ClN2O/c1-11-7-13(9-14(17)8-11)15(19-18)10-12-5-3-4-6-16(12)20-2/h3-9,15,19H,10,18H2,1-2H3. The molecule has 0 spiro atoms. The minimum atomic E-state index is -0.0105. The van der Waals surface area contributed by atoms with Gasteiger partial charge in [0.2, 0.25) is 0 Å². The molecule has 0 aliphatic carbocycles. The van der Waals surface area contributed by atoms with Gasteiger partial charge in [-0.1, -0.05) is 35.9 Å². The summed E-state index contributed by atoms with van der Waals surface area (Å²) in [6.45, 7) is 2.02. The number of hydrogen-bond acceptors (Lipinski definition) is 3. The molecule has 0 amide bonds. The fourth-order valence-corrected chi connectivity index (χ4v) is 2.63. The van der Waals surface area contributed by atoms with Gasteiger partial charge in [0.1, 0.15) is 5.75 Å². The van der Waals surface area contributed by atoms with Crippen molar-refractivity contribution in [2.24, 2.45) is 5.84 Å². The molecule has 0 heterocycles. The zero-order valence-corrected chi connectivity index (χ0v) is 12.4. The number of halogens is 1. The number of nitrogens with two attached hydrogens (primary N) is 1. The third-order valence-corrected chi connectivity index (χ3v) is 3.50. The lowest BCUT2D eigenvalue weighted by Crippen LogP contribution is -2.29. The Morgan fingerprint density at radius 1 is 1.25 bits per heavy atom. The molecule has 2 aromatic rings. The molecular formula is C16H19ClN2O. The van der Waals surface area contributed by atoms with Crippen LogP contribution in [-0.2, 0) is 6.42 Å². The number of para-hydroxylation sites is 1. The molecule has 1 unspecified atom stereocenters. The van der Waals surface area contributed by atoms with Gasteiger partial charge in [-0.2, -0.15) is 0 Å². The second-order valence-corrected chi connectivity index (χ2v) is 5.23. The summed E-state index contributed by atoms with van der Waals surface area (Å²) in [6, 6.07) is 13.9. The van der Waals surface area contributed by atoms with Crippen LogP contribution in [0.5, 0.6) is 5.75 Å². The Balaban J connectivity index is 2.28. The van der Waals surface area contributed by atoms with E-state index in [0.717, 1.165) is 33.9 Å². The predicted octanol–water partition coefficient (Wildman–Crippen LogP) is 3.40. The number of rotatable bonds is 5. The van der Waals surface area contributed by atoms with Crippen molar-refractivity contribution >= 4 is 11.6 Å². The lowest BCUT2D eigenvalue weighted by molar-refractivity contribution is 0.405. The molecule has 4 heteroatoms. The van der Waals surface area contributed by atoms with Gasteiger partial charge in [0.15, 0.2) is 0 Å². The molecule has 0 aliphatic rings. The first-order valence-electron chi connectivity index (χ1n) is 6.49. The van der Waals surface area contributed by atoms with Crippen molar-refractivity contribution in [2.45, 2.75) is 19.4 Å². The van der Waals surface area contributed by atoms with E-state index in [9.17, 15) is 0 Å². The highest BCUT2D eigenvalue weighted by atomic mass is 35.5. The second-order valence-electron chi connectivity index (χ2n) is 4.80. The molecule has 106 valence electrons. The van der Waals surface area contributed by atoms with Crippen LogP contribution in [0.1, 0.15) is 22.7 Å². The summed E-state index contributed by atoms with van der Waals surface area (Å²) >= 11 is 6.12. The average molecular weight is 291 g/mol. The Morgan fingerprint density at radius 3 is 2.65 bits per heavy atom. The minimum absolute atomic E-state index is 0.0105. The first kappa shape index (κ1) is 14.9. The third-order valence-electron chi connectivity index (χ3n) is 3.28. The third kappa shape index (κ3) is 3.51. The van der Waals surface area contributed by atoms with E-state index < -0.39 is 0 Å². The summed E-state index contributed by atoms with van der Waals surface area (Å²) in [5.41, 5.74) is 6.16. The van der Waals surface area contributed by atoms with E-state index in [2.05, 4.69) is 11.5 Å². The first-order valence-corrected chi connectivity index (χ1v) is 6.87. The highest BCUT2D eigenvalue weighted by Gasteiger charge is 2.14. The van der Waals surface area contributed by atoms with Crippen molar-refractivity contribution < 1.29 is 4.74 Å².